The monoisotopic (exact) mass is 440 g/mol. The first kappa shape index (κ1) is 15.4. The van der Waals surface area contributed by atoms with Crippen molar-refractivity contribution in [1.29, 1.82) is 0 Å². The van der Waals surface area contributed by atoms with Crippen molar-refractivity contribution in [2.24, 2.45) is 0 Å². The van der Waals surface area contributed by atoms with Crippen molar-refractivity contribution in [1.82, 2.24) is 0 Å². The predicted molar refractivity (Wildman–Crippen MR) is 101 cm³/mol. The van der Waals surface area contributed by atoms with Gasteiger partial charge in [-0.05, 0) is 31.9 Å². The van der Waals surface area contributed by atoms with Gasteiger partial charge in [0.1, 0.15) is 0 Å². The zero-order valence-electron chi connectivity index (χ0n) is 11.6. The van der Waals surface area contributed by atoms with Gasteiger partial charge >= 0.3 is 0 Å². The maximum Gasteiger partial charge on any atom is 0.0920 e. The zero-order chi connectivity index (χ0) is 13.9. The third-order valence-corrected chi connectivity index (χ3v) is 15.8. The molecule has 0 bridgehead atoms. The van der Waals surface area contributed by atoms with Crippen molar-refractivity contribution < 1.29 is 0 Å². The normalized spacial score (nSPS) is 13.6. The summed E-state index contributed by atoms with van der Waals surface area (Å²) in [6.07, 6.45) is 0. The lowest BCUT2D eigenvalue weighted by Crippen LogP contribution is -2.37. The van der Waals surface area contributed by atoms with Gasteiger partial charge in [0.2, 0.25) is 0 Å². The Morgan fingerprint density at radius 1 is 0.667 bits per heavy atom. The number of hydrogen-bond donors (Lipinski definition) is 0. The van der Waals surface area contributed by atoms with Gasteiger partial charge in [0.25, 0.3) is 0 Å². The first-order valence-electron chi connectivity index (χ1n) is 5.94. The summed E-state index contributed by atoms with van der Waals surface area (Å²) in [5.74, 6) is 0. The average Bonchev–Trinajstić information content (AvgIpc) is 2.64. The third-order valence-electron chi connectivity index (χ3n) is 2.77. The summed E-state index contributed by atoms with van der Waals surface area (Å²) < 4.78 is 8.84. The number of thiophene rings is 2. The fraction of sp³-hybridized carbons (Fsp3) is 0.500. The highest BCUT2D eigenvalue weighted by atomic mass is 79.9. The molecular weight excluding hydrogens is 424 g/mol. The molecule has 0 radical (unpaired) electrons. The van der Waals surface area contributed by atoms with Gasteiger partial charge in [-0.1, -0.05) is 39.3 Å². The Morgan fingerprint density at radius 2 is 0.944 bits per heavy atom. The van der Waals surface area contributed by atoms with Crippen molar-refractivity contribution in [3.8, 4) is 0 Å². The molecule has 2 aromatic heterocycles. The van der Waals surface area contributed by atoms with Crippen LogP contribution in [0, 0.1) is 0 Å². The summed E-state index contributed by atoms with van der Waals surface area (Å²) in [5.41, 5.74) is 0. The van der Waals surface area contributed by atoms with Crippen molar-refractivity contribution in [3.63, 3.8) is 0 Å². The second-order valence-corrected chi connectivity index (χ2v) is 21.0. The maximum absolute atomic E-state index is 3.85. The summed E-state index contributed by atoms with van der Waals surface area (Å²) in [6.45, 7) is 14.5. The molecule has 0 nitrogen and oxygen atoms in total. The second kappa shape index (κ2) is 4.81. The Hall–Kier alpha value is 1.05. The molecule has 100 valence electrons. The molecule has 0 aromatic carbocycles. The van der Waals surface area contributed by atoms with E-state index >= 15 is 0 Å². The van der Waals surface area contributed by atoms with Crippen LogP contribution in [0.15, 0.2) is 8.95 Å². The van der Waals surface area contributed by atoms with Crippen LogP contribution in [0.4, 0.5) is 0 Å². The van der Waals surface area contributed by atoms with E-state index in [4.69, 9.17) is 0 Å². The van der Waals surface area contributed by atoms with Crippen LogP contribution >= 0.6 is 54.5 Å². The topological polar surface area (TPSA) is 0 Å². The van der Waals surface area contributed by atoms with Gasteiger partial charge in [-0.2, -0.15) is 0 Å². The summed E-state index contributed by atoms with van der Waals surface area (Å²) in [6, 6.07) is 0. The number of fused-ring (bicyclic) bond motifs is 1. The molecule has 0 saturated carbocycles. The Kier molecular flexibility index (Phi) is 4.12. The van der Waals surface area contributed by atoms with Crippen LogP contribution in [-0.2, 0) is 0 Å². The SMILES string of the molecule is C[Si](C)(C)c1sc2c(Br)c([Si](C)(C)C)sc2c1Br. The molecule has 0 aliphatic carbocycles. The van der Waals surface area contributed by atoms with E-state index in [9.17, 15) is 0 Å². The van der Waals surface area contributed by atoms with Gasteiger partial charge < -0.3 is 0 Å². The third kappa shape index (κ3) is 2.61. The van der Waals surface area contributed by atoms with Gasteiger partial charge in [-0.15, -0.1) is 22.7 Å². The average molecular weight is 442 g/mol. The summed E-state index contributed by atoms with van der Waals surface area (Å²) in [5, 5.41) is 0. The van der Waals surface area contributed by atoms with Crippen molar-refractivity contribution in [2.75, 3.05) is 0 Å². The molecule has 2 aromatic rings. The fourth-order valence-electron chi connectivity index (χ4n) is 1.85. The van der Waals surface area contributed by atoms with Gasteiger partial charge in [-0.3, -0.25) is 0 Å². The Bertz CT molecular complexity index is 546. The summed E-state index contributed by atoms with van der Waals surface area (Å²) in [4.78, 5) is 0. The second-order valence-electron chi connectivity index (χ2n) is 6.65. The molecule has 18 heavy (non-hydrogen) atoms. The molecule has 0 atom stereocenters. The minimum Gasteiger partial charge on any atom is -0.142 e. The standard InChI is InChI=1S/C12H18Br2S2Si2/c1-17(2,3)11-7(13)9-10(15-11)8(14)12(16-9)18(4,5)6/h1-6H3. The van der Waals surface area contributed by atoms with E-state index in [1.165, 1.54) is 18.3 Å². The lowest BCUT2D eigenvalue weighted by atomic mass is 10.5. The van der Waals surface area contributed by atoms with Crippen molar-refractivity contribution in [3.05, 3.63) is 8.95 Å². The van der Waals surface area contributed by atoms with Gasteiger partial charge in [0.15, 0.2) is 0 Å². The molecule has 0 spiro atoms. The molecule has 2 rings (SSSR count). The lowest BCUT2D eigenvalue weighted by Gasteiger charge is -2.16. The maximum atomic E-state index is 3.85. The van der Waals surface area contributed by atoms with E-state index < -0.39 is 16.1 Å². The van der Waals surface area contributed by atoms with Crippen LogP contribution in [0.3, 0.4) is 0 Å². The fourth-order valence-corrected chi connectivity index (χ4v) is 13.8. The molecule has 0 N–H and O–H groups in total. The van der Waals surface area contributed by atoms with Gasteiger partial charge in [-0.25, -0.2) is 0 Å². The van der Waals surface area contributed by atoms with Crippen molar-refractivity contribution >= 4 is 89.1 Å². The molecule has 0 fully saturated rings. The number of halogens is 2. The van der Waals surface area contributed by atoms with E-state index in [1.807, 2.05) is 22.7 Å². The van der Waals surface area contributed by atoms with Crippen LogP contribution in [0.1, 0.15) is 0 Å². The summed E-state index contributed by atoms with van der Waals surface area (Å²) >= 11 is 11.7. The number of hydrogen-bond acceptors (Lipinski definition) is 2. The van der Waals surface area contributed by atoms with E-state index in [-0.39, 0.29) is 0 Å². The van der Waals surface area contributed by atoms with Crippen LogP contribution in [-0.4, -0.2) is 16.1 Å². The van der Waals surface area contributed by atoms with Crippen LogP contribution in [0.5, 0.6) is 0 Å². The van der Waals surface area contributed by atoms with Gasteiger partial charge in [0, 0.05) is 17.9 Å². The lowest BCUT2D eigenvalue weighted by molar-refractivity contribution is 1.78. The Labute approximate surface area is 136 Å². The molecular formula is C12H18Br2S2Si2. The van der Waals surface area contributed by atoms with E-state index in [2.05, 4.69) is 71.1 Å². The first-order chi connectivity index (χ1) is 8.03. The molecule has 0 amide bonds. The highest BCUT2D eigenvalue weighted by Crippen LogP contribution is 2.40. The van der Waals surface area contributed by atoms with E-state index in [0.29, 0.717) is 0 Å². The minimum absolute atomic E-state index is 1.24. The first-order valence-corrected chi connectivity index (χ1v) is 16.2. The predicted octanol–water partition coefficient (Wildman–Crippen LogP) is 5.58. The van der Waals surface area contributed by atoms with Crippen LogP contribution in [0.25, 0.3) is 9.40 Å². The molecule has 0 aliphatic rings. The van der Waals surface area contributed by atoms with Crippen LogP contribution < -0.4 is 9.00 Å². The molecule has 0 unspecified atom stereocenters. The molecule has 6 heteroatoms. The summed E-state index contributed by atoms with van der Waals surface area (Å²) in [7, 11) is -2.48. The highest BCUT2D eigenvalue weighted by molar-refractivity contribution is 9.11. The van der Waals surface area contributed by atoms with Crippen molar-refractivity contribution in [2.45, 2.75) is 39.3 Å². The molecule has 0 saturated heterocycles. The molecule has 2 heterocycles. The van der Waals surface area contributed by atoms with E-state index in [1.54, 1.807) is 9.00 Å². The molecule has 0 aliphatic heterocycles. The van der Waals surface area contributed by atoms with Gasteiger partial charge in [0.05, 0.1) is 25.5 Å². The minimum atomic E-state index is -1.24. The Morgan fingerprint density at radius 3 is 1.17 bits per heavy atom. The highest BCUT2D eigenvalue weighted by Gasteiger charge is 2.30. The smallest absolute Gasteiger partial charge is 0.0920 e. The van der Waals surface area contributed by atoms with E-state index in [0.717, 1.165) is 0 Å². The van der Waals surface area contributed by atoms with Crippen LogP contribution in [0.2, 0.25) is 39.3 Å². The number of rotatable bonds is 2. The Balaban J connectivity index is 2.73. The largest absolute Gasteiger partial charge is 0.142 e. The quantitative estimate of drug-likeness (QED) is 0.533. The zero-order valence-corrected chi connectivity index (χ0v) is 18.4.